The Kier molecular flexibility index (Phi) is 5.58. The normalized spacial score (nSPS) is 10.3. The summed E-state index contributed by atoms with van der Waals surface area (Å²) in [5.41, 5.74) is 3.26. The van der Waals surface area contributed by atoms with Gasteiger partial charge in [0.15, 0.2) is 0 Å². The molecule has 5 rings (SSSR count). The van der Waals surface area contributed by atoms with Crippen LogP contribution in [0.15, 0.2) is 97.1 Å². The minimum absolute atomic E-state index is 0.426. The summed E-state index contributed by atoms with van der Waals surface area (Å²) in [6.07, 6.45) is 0. The van der Waals surface area contributed by atoms with Crippen molar-refractivity contribution in [1.29, 1.82) is 0 Å². The van der Waals surface area contributed by atoms with Crippen LogP contribution in [-0.4, -0.2) is 0 Å². The average molecular weight is 447 g/mol. The lowest BCUT2D eigenvalue weighted by atomic mass is 9.95. The van der Waals surface area contributed by atoms with E-state index in [0.717, 1.165) is 38.2 Å². The summed E-state index contributed by atoms with van der Waals surface area (Å²) in [6, 6.07) is 32.1. The number of benzene rings is 5. The van der Waals surface area contributed by atoms with Crippen LogP contribution >= 0.6 is 23.2 Å². The molecule has 0 saturated heterocycles. The van der Waals surface area contributed by atoms with Crippen LogP contribution in [0.2, 0.25) is 10.0 Å². The van der Waals surface area contributed by atoms with Crippen molar-refractivity contribution < 1.29 is 0 Å². The van der Waals surface area contributed by atoms with Crippen LogP contribution in [0, 0.1) is 23.7 Å². The highest BCUT2D eigenvalue weighted by Crippen LogP contribution is 2.39. The van der Waals surface area contributed by atoms with Gasteiger partial charge in [0.1, 0.15) is 0 Å². The second kappa shape index (κ2) is 8.82. The highest BCUT2D eigenvalue weighted by molar-refractivity contribution is 6.46. The minimum atomic E-state index is 0.426. The summed E-state index contributed by atoms with van der Waals surface area (Å²) >= 11 is 13.5. The monoisotopic (exact) mass is 446 g/mol. The van der Waals surface area contributed by atoms with E-state index < -0.39 is 0 Å². The maximum atomic E-state index is 6.77. The summed E-state index contributed by atoms with van der Waals surface area (Å²) in [5, 5.41) is 4.95. The second-order valence-corrected chi connectivity index (χ2v) is 8.11. The molecule has 0 aliphatic carbocycles. The summed E-state index contributed by atoms with van der Waals surface area (Å²) in [4.78, 5) is 0. The minimum Gasteiger partial charge on any atom is -0.0820 e. The molecule has 0 fully saturated rings. The molecule has 0 aliphatic heterocycles. The largest absolute Gasteiger partial charge is 0.0820 e. The standard InChI is InChI=1S/C30H16Cl2/c31-29-26(18-16-22-11-5-2-6-12-22)25(17-15-21-9-3-1-4-10-21)27-19-23-13-7-8-14-24(23)20-28(27)30(29)32/h1-14,19-20H. The highest BCUT2D eigenvalue weighted by atomic mass is 35.5. The fourth-order valence-electron chi connectivity index (χ4n) is 3.66. The molecule has 0 radical (unpaired) electrons. The summed E-state index contributed by atoms with van der Waals surface area (Å²) in [7, 11) is 0. The molecule has 0 spiro atoms. The number of hydrogen-bond donors (Lipinski definition) is 0. The second-order valence-electron chi connectivity index (χ2n) is 7.35. The molecule has 0 heterocycles. The van der Waals surface area contributed by atoms with Gasteiger partial charge < -0.3 is 0 Å². The van der Waals surface area contributed by atoms with Crippen LogP contribution in [0.5, 0.6) is 0 Å². The van der Waals surface area contributed by atoms with E-state index in [1.54, 1.807) is 0 Å². The summed E-state index contributed by atoms with van der Waals surface area (Å²) in [5.74, 6) is 13.1. The third-order valence-corrected chi connectivity index (χ3v) is 6.13. The number of rotatable bonds is 0. The van der Waals surface area contributed by atoms with Crippen molar-refractivity contribution in [3.63, 3.8) is 0 Å². The molecule has 0 aromatic heterocycles. The van der Waals surface area contributed by atoms with E-state index in [1.807, 2.05) is 72.8 Å². The van der Waals surface area contributed by atoms with Crippen molar-refractivity contribution in [2.75, 3.05) is 0 Å². The molecular weight excluding hydrogens is 431 g/mol. The van der Waals surface area contributed by atoms with E-state index in [4.69, 9.17) is 23.2 Å². The molecule has 0 N–H and O–H groups in total. The Balaban J connectivity index is 1.83. The van der Waals surface area contributed by atoms with Gasteiger partial charge in [-0.15, -0.1) is 0 Å². The van der Waals surface area contributed by atoms with E-state index >= 15 is 0 Å². The van der Waals surface area contributed by atoms with Gasteiger partial charge in [-0.05, 0) is 47.2 Å². The first-order chi connectivity index (χ1) is 15.7. The fourth-order valence-corrected chi connectivity index (χ4v) is 4.16. The molecular formula is C30H16Cl2. The van der Waals surface area contributed by atoms with Gasteiger partial charge in [0, 0.05) is 21.9 Å². The summed E-state index contributed by atoms with van der Waals surface area (Å²) in [6.45, 7) is 0. The topological polar surface area (TPSA) is 0 Å². The van der Waals surface area contributed by atoms with E-state index in [1.165, 1.54) is 0 Å². The van der Waals surface area contributed by atoms with Gasteiger partial charge in [-0.1, -0.05) is 108 Å². The smallest absolute Gasteiger partial charge is 0.0768 e. The molecule has 5 aromatic rings. The van der Waals surface area contributed by atoms with Gasteiger partial charge in [0.05, 0.1) is 21.2 Å². The van der Waals surface area contributed by atoms with Gasteiger partial charge >= 0.3 is 0 Å². The number of hydrogen-bond acceptors (Lipinski definition) is 0. The zero-order valence-electron chi connectivity index (χ0n) is 17.0. The Morgan fingerprint density at radius 3 is 1.47 bits per heavy atom. The van der Waals surface area contributed by atoms with Crippen molar-refractivity contribution in [1.82, 2.24) is 0 Å². The molecule has 0 atom stereocenters. The zero-order valence-corrected chi connectivity index (χ0v) is 18.5. The van der Waals surface area contributed by atoms with Crippen LogP contribution in [0.3, 0.4) is 0 Å². The quantitative estimate of drug-likeness (QED) is 0.166. The molecule has 5 aromatic carbocycles. The lowest BCUT2D eigenvalue weighted by Crippen LogP contribution is -1.92. The van der Waals surface area contributed by atoms with Gasteiger partial charge in [-0.3, -0.25) is 0 Å². The Labute approximate surface area is 197 Å². The first-order valence-electron chi connectivity index (χ1n) is 10.2. The molecule has 0 amide bonds. The Bertz CT molecular complexity index is 1580. The number of halogens is 2. The molecule has 32 heavy (non-hydrogen) atoms. The Morgan fingerprint density at radius 2 is 0.906 bits per heavy atom. The van der Waals surface area contributed by atoms with E-state index in [-0.39, 0.29) is 0 Å². The predicted molar refractivity (Wildman–Crippen MR) is 136 cm³/mol. The van der Waals surface area contributed by atoms with E-state index in [0.29, 0.717) is 15.6 Å². The SMILES string of the molecule is Clc1c(C#Cc2ccccc2)c(C#Cc2ccccc2)c2cc3ccccc3cc2c1Cl. The van der Waals surface area contributed by atoms with Crippen LogP contribution in [0.4, 0.5) is 0 Å². The molecule has 150 valence electrons. The molecule has 0 saturated carbocycles. The lowest BCUT2D eigenvalue weighted by molar-refractivity contribution is 1.61. The molecule has 0 aliphatic rings. The van der Waals surface area contributed by atoms with Crippen molar-refractivity contribution in [2.45, 2.75) is 0 Å². The summed E-state index contributed by atoms with van der Waals surface area (Å²) < 4.78 is 0. The first-order valence-corrected chi connectivity index (χ1v) is 10.9. The van der Waals surface area contributed by atoms with E-state index in [9.17, 15) is 0 Å². The Hall–Kier alpha value is -3.68. The van der Waals surface area contributed by atoms with Crippen LogP contribution < -0.4 is 0 Å². The average Bonchev–Trinajstić information content (AvgIpc) is 2.85. The molecule has 2 heteroatoms. The van der Waals surface area contributed by atoms with Crippen LogP contribution in [0.1, 0.15) is 22.3 Å². The third kappa shape index (κ3) is 3.95. The van der Waals surface area contributed by atoms with Crippen molar-refractivity contribution in [2.24, 2.45) is 0 Å². The van der Waals surface area contributed by atoms with Crippen molar-refractivity contribution in [3.8, 4) is 23.7 Å². The third-order valence-electron chi connectivity index (χ3n) is 5.27. The van der Waals surface area contributed by atoms with E-state index in [2.05, 4.69) is 47.9 Å². The van der Waals surface area contributed by atoms with Gasteiger partial charge in [-0.2, -0.15) is 0 Å². The Morgan fingerprint density at radius 1 is 0.438 bits per heavy atom. The fraction of sp³-hybridized carbons (Fsp3) is 0. The lowest BCUT2D eigenvalue weighted by Gasteiger charge is -2.11. The molecule has 0 unspecified atom stereocenters. The molecule has 0 bridgehead atoms. The predicted octanol–water partition coefficient (Wildman–Crippen LogP) is 8.10. The van der Waals surface area contributed by atoms with Crippen molar-refractivity contribution >= 4 is 44.7 Å². The molecule has 0 nitrogen and oxygen atoms in total. The van der Waals surface area contributed by atoms with Crippen LogP contribution in [-0.2, 0) is 0 Å². The zero-order chi connectivity index (χ0) is 21.9. The maximum absolute atomic E-state index is 6.77. The van der Waals surface area contributed by atoms with Gasteiger partial charge in [0.2, 0.25) is 0 Å². The van der Waals surface area contributed by atoms with Crippen molar-refractivity contribution in [3.05, 3.63) is 129 Å². The number of fused-ring (bicyclic) bond motifs is 2. The van der Waals surface area contributed by atoms with Gasteiger partial charge in [-0.25, -0.2) is 0 Å². The maximum Gasteiger partial charge on any atom is 0.0768 e. The highest BCUT2D eigenvalue weighted by Gasteiger charge is 2.16. The first kappa shape index (κ1) is 20.2. The van der Waals surface area contributed by atoms with Crippen LogP contribution in [0.25, 0.3) is 21.5 Å². The van der Waals surface area contributed by atoms with Gasteiger partial charge in [0.25, 0.3) is 0 Å².